The molecule has 29 heteroatoms. The Hall–Kier alpha value is -8.23. The molecule has 400 valence electrons. The van der Waals surface area contributed by atoms with Crippen LogP contribution >= 0.6 is 0 Å². The Morgan fingerprint density at radius 2 is 0.962 bits per heavy atom. The molecule has 0 radical (unpaired) electrons. The summed E-state index contributed by atoms with van der Waals surface area (Å²) in [7, 11) is -23.8. The second-order valence-electron chi connectivity index (χ2n) is 16.9. The van der Waals surface area contributed by atoms with Gasteiger partial charge in [-0.05, 0) is 120 Å². The standard InChI is InChI=1S/C49H37N7O17S5/c57-49-36-12-9-31(50-30-5-2-1-3-6-30)21-29(36)23-47(78(70,71)72)48(49)56-55-45-18-16-43(38-14-11-34(26-41(38)45)76(64,65)66)53-54-44-17-15-42(37-13-10-33(25-40(37)44)75(61,62)63)52-51-32-8-7-28-22-35(77(67,68)69)27-46(39(28)24-32)73-19-4-20-74(58,59)60/h1-3,5-18,21-27,50,57H,4,19-20H2,(H,58,59,60)(H,61,62,63)(H,64,65,66)(H,67,68,69)(H,70,71,72). The third-order valence-electron chi connectivity index (χ3n) is 11.6. The lowest BCUT2D eigenvalue weighted by Crippen LogP contribution is -2.09. The van der Waals surface area contributed by atoms with Crippen molar-refractivity contribution in [3.8, 4) is 11.5 Å². The minimum atomic E-state index is -5.08. The van der Waals surface area contributed by atoms with E-state index in [9.17, 15) is 65.4 Å². The summed E-state index contributed by atoms with van der Waals surface area (Å²) in [5, 5.41) is 41.3. The minimum absolute atomic E-state index is 0.00421. The average molecular weight is 1160 g/mol. The lowest BCUT2D eigenvalue weighted by molar-refractivity contribution is 0.319. The molecular formula is C49H37N7O17S5. The molecule has 0 bridgehead atoms. The van der Waals surface area contributed by atoms with Crippen molar-refractivity contribution in [2.75, 3.05) is 17.7 Å². The Kier molecular flexibility index (Phi) is 14.7. The summed E-state index contributed by atoms with van der Waals surface area (Å²) in [5.74, 6) is -1.41. The maximum absolute atomic E-state index is 12.7. The number of nitrogens with one attached hydrogen (secondary N) is 1. The fraction of sp³-hybridized carbons (Fsp3) is 0.0612. The van der Waals surface area contributed by atoms with Gasteiger partial charge in [0, 0.05) is 49.8 Å². The molecule has 0 unspecified atom stereocenters. The third kappa shape index (κ3) is 12.3. The van der Waals surface area contributed by atoms with E-state index in [1.807, 2.05) is 6.07 Å². The summed E-state index contributed by atoms with van der Waals surface area (Å²) in [5.41, 5.74) is 0.744. The number of fused-ring (bicyclic) bond motifs is 4. The fourth-order valence-corrected chi connectivity index (χ4v) is 10.7. The van der Waals surface area contributed by atoms with Crippen molar-refractivity contribution in [2.45, 2.75) is 26.0 Å². The van der Waals surface area contributed by atoms with Crippen LogP contribution in [0.2, 0.25) is 0 Å². The van der Waals surface area contributed by atoms with E-state index in [0.29, 0.717) is 11.4 Å². The number of para-hydroxylation sites is 1. The van der Waals surface area contributed by atoms with Gasteiger partial charge in [0.15, 0.2) is 5.75 Å². The van der Waals surface area contributed by atoms with Gasteiger partial charge < -0.3 is 15.2 Å². The van der Waals surface area contributed by atoms with E-state index in [2.05, 4.69) is 36.0 Å². The second kappa shape index (κ2) is 21.0. The fourth-order valence-electron chi connectivity index (χ4n) is 8.04. The van der Waals surface area contributed by atoms with Gasteiger partial charge in [-0.25, -0.2) is 0 Å². The summed E-state index contributed by atoms with van der Waals surface area (Å²) in [6, 6.07) is 33.5. The van der Waals surface area contributed by atoms with Crippen LogP contribution in [0, 0.1) is 0 Å². The summed E-state index contributed by atoms with van der Waals surface area (Å²) >= 11 is 0. The minimum Gasteiger partial charge on any atom is -0.505 e. The molecule has 0 aliphatic rings. The largest absolute Gasteiger partial charge is 0.505 e. The first-order valence-corrected chi connectivity index (χ1v) is 29.6. The normalized spacial score (nSPS) is 13.0. The predicted octanol–water partition coefficient (Wildman–Crippen LogP) is 11.6. The van der Waals surface area contributed by atoms with Crippen LogP contribution in [0.4, 0.5) is 45.5 Å². The zero-order valence-corrected chi connectivity index (χ0v) is 43.5. The summed E-state index contributed by atoms with van der Waals surface area (Å²) in [6.45, 7) is -0.281. The molecule has 0 saturated heterocycles. The van der Waals surface area contributed by atoms with Crippen molar-refractivity contribution in [3.05, 3.63) is 146 Å². The van der Waals surface area contributed by atoms with Gasteiger partial charge in [0.25, 0.3) is 50.6 Å². The van der Waals surface area contributed by atoms with Crippen molar-refractivity contribution in [3.63, 3.8) is 0 Å². The Bertz CT molecular complexity index is 4640. The molecular weight excluding hydrogens is 1120 g/mol. The number of anilines is 2. The highest BCUT2D eigenvalue weighted by Crippen LogP contribution is 2.45. The molecule has 9 rings (SSSR count). The second-order valence-corrected chi connectivity index (χ2v) is 24.2. The van der Waals surface area contributed by atoms with Crippen LogP contribution in [0.25, 0.3) is 43.1 Å². The highest BCUT2D eigenvalue weighted by atomic mass is 32.2. The van der Waals surface area contributed by atoms with Gasteiger partial charge in [0.2, 0.25) is 0 Å². The number of ether oxygens (including phenoxy) is 1. The summed E-state index contributed by atoms with van der Waals surface area (Å²) in [4.78, 5) is -2.48. The van der Waals surface area contributed by atoms with Crippen LogP contribution in [0.5, 0.6) is 11.5 Å². The van der Waals surface area contributed by atoms with Gasteiger partial charge in [0.05, 0.1) is 55.5 Å². The van der Waals surface area contributed by atoms with E-state index in [-0.39, 0.29) is 90.3 Å². The van der Waals surface area contributed by atoms with Crippen LogP contribution < -0.4 is 10.1 Å². The molecule has 0 amide bonds. The monoisotopic (exact) mass is 1160 g/mol. The molecule has 78 heavy (non-hydrogen) atoms. The van der Waals surface area contributed by atoms with Crippen LogP contribution in [0.15, 0.2) is 196 Å². The van der Waals surface area contributed by atoms with Gasteiger partial charge in [-0.1, -0.05) is 36.4 Å². The van der Waals surface area contributed by atoms with E-state index >= 15 is 0 Å². The van der Waals surface area contributed by atoms with E-state index in [1.165, 1.54) is 66.7 Å². The maximum Gasteiger partial charge on any atom is 0.296 e. The van der Waals surface area contributed by atoms with Crippen LogP contribution in [0.3, 0.4) is 0 Å². The van der Waals surface area contributed by atoms with Crippen molar-refractivity contribution in [1.82, 2.24) is 0 Å². The Balaban J connectivity index is 1.09. The van der Waals surface area contributed by atoms with Crippen LogP contribution in [-0.4, -0.2) is 82.3 Å². The molecule has 0 aliphatic heterocycles. The maximum atomic E-state index is 12.7. The van der Waals surface area contributed by atoms with Crippen LogP contribution in [0.1, 0.15) is 6.42 Å². The number of aromatic hydroxyl groups is 1. The molecule has 0 fully saturated rings. The molecule has 0 heterocycles. The van der Waals surface area contributed by atoms with Crippen molar-refractivity contribution < 1.29 is 74.7 Å². The molecule has 0 atom stereocenters. The molecule has 0 aromatic heterocycles. The lowest BCUT2D eigenvalue weighted by atomic mass is 10.1. The highest BCUT2D eigenvalue weighted by Gasteiger charge is 2.24. The van der Waals surface area contributed by atoms with E-state index in [4.69, 9.17) is 9.29 Å². The van der Waals surface area contributed by atoms with Crippen LogP contribution in [-0.2, 0) is 50.6 Å². The molecule has 24 nitrogen and oxygen atoms in total. The van der Waals surface area contributed by atoms with Crippen molar-refractivity contribution >= 4 is 139 Å². The number of nitrogens with zero attached hydrogens (tertiary/aromatic N) is 6. The van der Waals surface area contributed by atoms with Crippen molar-refractivity contribution in [1.29, 1.82) is 0 Å². The summed E-state index contributed by atoms with van der Waals surface area (Å²) in [6.07, 6.45) is -0.174. The molecule has 0 aliphatic carbocycles. The van der Waals surface area contributed by atoms with E-state index in [0.717, 1.165) is 42.5 Å². The smallest absolute Gasteiger partial charge is 0.296 e. The zero-order chi connectivity index (χ0) is 56.0. The quantitative estimate of drug-likeness (QED) is 0.0253. The average Bonchev–Trinajstić information content (AvgIpc) is 3.39. The lowest BCUT2D eigenvalue weighted by Gasteiger charge is -2.12. The first kappa shape index (κ1) is 54.6. The highest BCUT2D eigenvalue weighted by molar-refractivity contribution is 7.86. The molecule has 9 aromatic carbocycles. The van der Waals surface area contributed by atoms with E-state index in [1.54, 1.807) is 30.3 Å². The Labute approximate surface area is 442 Å². The molecule has 0 spiro atoms. The Morgan fingerprint density at radius 3 is 1.51 bits per heavy atom. The van der Waals surface area contributed by atoms with Crippen molar-refractivity contribution in [2.24, 2.45) is 30.7 Å². The number of benzene rings is 9. The number of hydrogen-bond donors (Lipinski definition) is 7. The molecule has 7 N–H and O–H groups in total. The zero-order valence-electron chi connectivity index (χ0n) is 39.4. The third-order valence-corrected chi connectivity index (χ3v) is 15.8. The van der Waals surface area contributed by atoms with Gasteiger partial charge in [-0.2, -0.15) is 47.2 Å². The van der Waals surface area contributed by atoms with Gasteiger partial charge in [0.1, 0.15) is 16.3 Å². The van der Waals surface area contributed by atoms with Gasteiger partial charge >= 0.3 is 0 Å². The number of hydrogen-bond acceptors (Lipinski definition) is 19. The molecule has 9 aromatic rings. The summed E-state index contributed by atoms with van der Waals surface area (Å²) < 4.78 is 176. The number of phenolic OH excluding ortho intramolecular Hbond substituents is 1. The first-order valence-electron chi connectivity index (χ1n) is 22.3. The SMILES string of the molecule is O=S(=O)(O)CCCOc1cc(S(=O)(=O)O)cc2ccc(N=Nc3ccc(N=Nc4ccc(N=Nc5c(S(=O)(=O)O)cc6cc(Nc7ccccc7)ccc6c5O)c5cc(S(=O)(=O)O)ccc45)c4cc(S(=O)(=O)O)ccc34)cc12. The number of azo groups is 3. The predicted molar refractivity (Wildman–Crippen MR) is 285 cm³/mol. The Morgan fingerprint density at radius 1 is 0.423 bits per heavy atom. The van der Waals surface area contributed by atoms with E-state index < -0.39 is 87.4 Å². The van der Waals surface area contributed by atoms with Gasteiger partial charge in [-0.3, -0.25) is 22.8 Å². The number of phenols is 1. The first-order chi connectivity index (χ1) is 36.7. The molecule has 0 saturated carbocycles. The van der Waals surface area contributed by atoms with Gasteiger partial charge in [-0.15, -0.1) is 25.6 Å². The topological polar surface area (TPSA) is 388 Å². The number of rotatable bonds is 17.